The molecular formula is C55H63F2N11O5. The van der Waals surface area contributed by atoms with E-state index in [0.29, 0.717) is 70.4 Å². The first-order valence-electron chi connectivity index (χ1n) is 26.3. The van der Waals surface area contributed by atoms with Gasteiger partial charge in [0.1, 0.15) is 23.3 Å². The highest BCUT2D eigenvalue weighted by molar-refractivity contribution is 6.00. The van der Waals surface area contributed by atoms with Crippen LogP contribution >= 0.6 is 0 Å². The van der Waals surface area contributed by atoms with Crippen LogP contribution in [-0.4, -0.2) is 126 Å². The van der Waals surface area contributed by atoms with Crippen LogP contribution in [0.4, 0.5) is 14.5 Å². The molecule has 4 aromatic heterocycles. The minimum atomic E-state index is -0.701. The Labute approximate surface area is 421 Å². The highest BCUT2D eigenvalue weighted by Crippen LogP contribution is 2.38. The van der Waals surface area contributed by atoms with Crippen molar-refractivity contribution in [2.45, 2.75) is 102 Å². The summed E-state index contributed by atoms with van der Waals surface area (Å²) in [5.41, 5.74) is 6.91. The minimum absolute atomic E-state index is 0.0230. The van der Waals surface area contributed by atoms with Gasteiger partial charge in [-0.1, -0.05) is 6.07 Å². The molecule has 73 heavy (non-hydrogen) atoms. The third-order valence-electron chi connectivity index (χ3n) is 16.9. The van der Waals surface area contributed by atoms with Crippen molar-refractivity contribution in [3.05, 3.63) is 121 Å². The highest BCUT2D eigenvalue weighted by Gasteiger charge is 2.36. The zero-order valence-electron chi connectivity index (χ0n) is 41.6. The number of imidazole rings is 1. The number of hydrogen-bond acceptors (Lipinski definition) is 10. The Kier molecular flexibility index (Phi) is 12.4. The first kappa shape index (κ1) is 47.5. The third kappa shape index (κ3) is 8.88. The number of carbonyl (C=O) groups is 3. The Morgan fingerprint density at radius 3 is 2.32 bits per heavy atom. The topological polar surface area (TPSA) is 155 Å². The van der Waals surface area contributed by atoms with Crippen molar-refractivity contribution in [1.29, 1.82) is 0 Å². The molecule has 2 atom stereocenters. The van der Waals surface area contributed by atoms with Crippen LogP contribution in [0.2, 0.25) is 0 Å². The van der Waals surface area contributed by atoms with Crippen molar-refractivity contribution in [2.75, 3.05) is 64.2 Å². The molecule has 12 rings (SSSR count). The maximum atomic E-state index is 15.9. The van der Waals surface area contributed by atoms with Crippen molar-refractivity contribution in [2.24, 2.45) is 13.0 Å². The van der Waals surface area contributed by atoms with Crippen LogP contribution < -0.4 is 21.9 Å². The van der Waals surface area contributed by atoms with E-state index in [0.717, 1.165) is 115 Å². The average Bonchev–Trinajstić information content (AvgIpc) is 3.89. The van der Waals surface area contributed by atoms with Crippen molar-refractivity contribution in [3.8, 4) is 5.69 Å². The predicted molar refractivity (Wildman–Crippen MR) is 273 cm³/mol. The molecule has 5 fully saturated rings. The summed E-state index contributed by atoms with van der Waals surface area (Å²) in [5, 5.41) is 6.58. The Morgan fingerprint density at radius 1 is 0.795 bits per heavy atom. The number of fused-ring (bicyclic) bond motifs is 3. The lowest BCUT2D eigenvalue weighted by Gasteiger charge is -2.42. The number of nitrogens with zero attached hydrogens (tertiary/aromatic N) is 9. The number of pyridine rings is 2. The maximum Gasteiger partial charge on any atom is 0.330 e. The van der Waals surface area contributed by atoms with Crippen LogP contribution in [0.5, 0.6) is 0 Å². The summed E-state index contributed by atoms with van der Waals surface area (Å²) in [6.45, 7) is 10.4. The number of rotatable bonds is 11. The number of aromatic nitrogens is 5. The number of amides is 3. The van der Waals surface area contributed by atoms with Crippen LogP contribution in [0, 0.1) is 17.6 Å². The summed E-state index contributed by atoms with van der Waals surface area (Å²) < 4.78 is 39.1. The lowest BCUT2D eigenvalue weighted by atomic mass is 9.87. The van der Waals surface area contributed by atoms with Gasteiger partial charge in [0.15, 0.2) is 0 Å². The fraction of sp³-hybridized carbons (Fsp3) is 0.491. The van der Waals surface area contributed by atoms with Gasteiger partial charge in [0.25, 0.3) is 11.5 Å². The zero-order chi connectivity index (χ0) is 50.2. The lowest BCUT2D eigenvalue weighted by Crippen LogP contribution is -2.53. The lowest BCUT2D eigenvalue weighted by molar-refractivity contribution is -0.135. The summed E-state index contributed by atoms with van der Waals surface area (Å²) in [4.78, 5) is 79.3. The summed E-state index contributed by atoms with van der Waals surface area (Å²) in [5.74, 6) is -2.26. The molecule has 0 radical (unpaired) electrons. The molecule has 3 amide bonds. The van der Waals surface area contributed by atoms with Gasteiger partial charge in [-0.15, -0.1) is 0 Å². The molecule has 18 heteroatoms. The molecule has 0 unspecified atom stereocenters. The van der Waals surface area contributed by atoms with E-state index in [2.05, 4.69) is 60.0 Å². The number of hydrogen-bond donors (Lipinski definition) is 2. The fourth-order valence-corrected chi connectivity index (χ4v) is 12.7. The molecule has 1 aliphatic carbocycles. The molecule has 9 heterocycles. The van der Waals surface area contributed by atoms with Crippen molar-refractivity contribution in [3.63, 3.8) is 0 Å². The van der Waals surface area contributed by atoms with E-state index >= 15 is 8.78 Å². The van der Waals surface area contributed by atoms with Gasteiger partial charge in [0.2, 0.25) is 11.8 Å². The van der Waals surface area contributed by atoms with Crippen LogP contribution in [0.15, 0.2) is 70.5 Å². The third-order valence-corrected chi connectivity index (χ3v) is 16.9. The molecule has 5 aliphatic heterocycles. The van der Waals surface area contributed by atoms with Gasteiger partial charge in [0.05, 0.1) is 16.7 Å². The Morgan fingerprint density at radius 2 is 1.58 bits per heavy atom. The molecule has 2 N–H and O–H groups in total. The molecule has 6 aliphatic rings. The molecular weight excluding hydrogens is 933 g/mol. The smallest absolute Gasteiger partial charge is 0.330 e. The van der Waals surface area contributed by atoms with E-state index in [1.54, 1.807) is 20.2 Å². The normalized spacial score (nSPS) is 21.8. The van der Waals surface area contributed by atoms with Gasteiger partial charge in [-0.2, -0.15) is 0 Å². The van der Waals surface area contributed by atoms with Crippen LogP contribution in [-0.2, 0) is 36.1 Å². The molecule has 1 saturated carbocycles. The van der Waals surface area contributed by atoms with Gasteiger partial charge in [-0.05, 0) is 131 Å². The van der Waals surface area contributed by atoms with Crippen LogP contribution in [0.1, 0.15) is 109 Å². The number of anilines is 1. The largest absolute Gasteiger partial charge is 0.384 e. The van der Waals surface area contributed by atoms with Crippen molar-refractivity contribution < 1.29 is 23.2 Å². The molecule has 16 nitrogen and oxygen atoms in total. The quantitative estimate of drug-likeness (QED) is 0.152. The van der Waals surface area contributed by atoms with Crippen molar-refractivity contribution in [1.82, 2.24) is 48.2 Å². The summed E-state index contributed by atoms with van der Waals surface area (Å²) in [6, 6.07) is 14.3. The standard InChI is InChI=1S/C55H63F2N11O5/c1-33-29-63(30-35-3-6-46-48(25-35)67(38-4-5-38)55(73)68(46)47-7-8-49(69)60-52(47)70)23-24-65(33)31-34-11-20-64(21-12-34)53(71)37-26-42(56)50(43(57)27-37)36-13-18-62(19-14-36)32-39-28-41-45(10-17-59-51(41)61(39)2)66-22-15-44-40(54(66)72)9-16-58-44/h3,6,10,15,17,22,25-28,33-34,36,38,47,58H,4-5,7-9,11-14,16,18-21,23-24,29-32H2,1-2H3,(H,60,69,70)/t33-,47-/m0/s1. The number of benzene rings is 2. The van der Waals surface area contributed by atoms with Gasteiger partial charge in [-0.3, -0.25) is 52.9 Å². The zero-order valence-corrected chi connectivity index (χ0v) is 41.6. The van der Waals surface area contributed by atoms with Crippen molar-refractivity contribution >= 4 is 45.5 Å². The number of likely N-dealkylation sites (tertiary alicyclic amines) is 2. The number of carbonyl (C=O) groups excluding carboxylic acids is 3. The Bertz CT molecular complexity index is 3280. The van der Waals surface area contributed by atoms with Gasteiger partial charge in [0, 0.05) is 130 Å². The Hall–Kier alpha value is -6.50. The number of piperazine rings is 1. The number of nitrogens with one attached hydrogen (secondary N) is 2. The van der Waals surface area contributed by atoms with Crippen LogP contribution in [0.25, 0.3) is 27.8 Å². The summed E-state index contributed by atoms with van der Waals surface area (Å²) in [6.07, 6.45) is 9.45. The monoisotopic (exact) mass is 995 g/mol. The first-order chi connectivity index (χ1) is 35.4. The van der Waals surface area contributed by atoms with E-state index in [-0.39, 0.29) is 52.6 Å². The van der Waals surface area contributed by atoms with E-state index in [1.165, 1.54) is 12.1 Å². The summed E-state index contributed by atoms with van der Waals surface area (Å²) in [7, 11) is 1.98. The van der Waals surface area contributed by atoms with Gasteiger partial charge in [-0.25, -0.2) is 18.6 Å². The Balaban J connectivity index is 0.624. The predicted octanol–water partition coefficient (Wildman–Crippen LogP) is 5.84. The molecule has 0 bridgehead atoms. The number of aryl methyl sites for hydroxylation is 1. The van der Waals surface area contributed by atoms with Crippen LogP contribution in [0.3, 0.4) is 0 Å². The second-order valence-electron chi connectivity index (χ2n) is 21.6. The second-order valence-corrected chi connectivity index (χ2v) is 21.6. The average molecular weight is 996 g/mol. The minimum Gasteiger partial charge on any atom is -0.384 e. The molecule has 0 spiro atoms. The fourth-order valence-electron chi connectivity index (χ4n) is 12.7. The van der Waals surface area contributed by atoms with E-state index in [1.807, 2.05) is 36.0 Å². The van der Waals surface area contributed by atoms with Gasteiger partial charge >= 0.3 is 5.69 Å². The molecule has 4 saturated heterocycles. The summed E-state index contributed by atoms with van der Waals surface area (Å²) >= 11 is 0. The first-order valence-corrected chi connectivity index (χ1v) is 26.3. The number of halogens is 2. The molecule has 382 valence electrons. The van der Waals surface area contributed by atoms with E-state index in [9.17, 15) is 24.0 Å². The molecule has 6 aromatic rings. The van der Waals surface area contributed by atoms with E-state index in [4.69, 9.17) is 0 Å². The molecule has 2 aromatic carbocycles. The SMILES string of the molecule is C[C@H]1CN(Cc2ccc3c(c2)n(C2CC2)c(=O)n3[C@H]2CCC(=O)NC2=O)CCN1CC1CCN(C(=O)c2cc(F)c(C3CCN(Cc4cc5c(-n6ccc7c(c6=O)CCN7)ccnc5n4C)CC3)c(F)c2)CC1. The second kappa shape index (κ2) is 19.1. The van der Waals surface area contributed by atoms with Gasteiger partial charge < -0.3 is 14.8 Å². The van der Waals surface area contributed by atoms with E-state index < -0.39 is 23.6 Å². The highest BCUT2D eigenvalue weighted by atomic mass is 19.1. The maximum absolute atomic E-state index is 15.9. The number of imide groups is 1. The number of piperidine rings is 3.